The van der Waals surface area contributed by atoms with E-state index < -0.39 is 15.3 Å². The van der Waals surface area contributed by atoms with E-state index in [1.165, 1.54) is 19.2 Å². The van der Waals surface area contributed by atoms with Gasteiger partial charge in [-0.25, -0.2) is 8.42 Å². The van der Waals surface area contributed by atoms with E-state index >= 15 is 0 Å². The number of anilines is 3. The highest BCUT2D eigenvalue weighted by molar-refractivity contribution is 7.92. The fourth-order valence-corrected chi connectivity index (χ4v) is 4.71. The molecule has 0 saturated carbocycles. The summed E-state index contributed by atoms with van der Waals surface area (Å²) >= 11 is 0. The highest BCUT2D eigenvalue weighted by Crippen LogP contribution is 2.32. The number of ether oxygens (including phenoxy) is 2. The molecule has 1 fully saturated rings. The summed E-state index contributed by atoms with van der Waals surface area (Å²) in [7, 11) is -2.20. The van der Waals surface area contributed by atoms with Gasteiger partial charge in [-0.2, -0.15) is 9.97 Å². The van der Waals surface area contributed by atoms with Crippen molar-refractivity contribution < 1.29 is 17.9 Å². The van der Waals surface area contributed by atoms with Crippen molar-refractivity contribution in [3.8, 4) is 5.75 Å². The summed E-state index contributed by atoms with van der Waals surface area (Å²) in [5, 5.41) is 10.2. The molecule has 0 spiro atoms. The van der Waals surface area contributed by atoms with Gasteiger partial charge in [0, 0.05) is 31.9 Å². The monoisotopic (exact) mass is 444 g/mol. The summed E-state index contributed by atoms with van der Waals surface area (Å²) in [6.07, 6.45) is 3.52. The Morgan fingerprint density at radius 3 is 2.97 bits per heavy atom. The summed E-state index contributed by atoms with van der Waals surface area (Å²) < 4.78 is 36.7. The number of H-pyrrole nitrogens is 1. The van der Waals surface area contributed by atoms with Crippen LogP contribution in [0.1, 0.15) is 0 Å². The standard InChI is InChI=1S/C20H24N6O4S/c1-3-7-22-18-14-6-8-23-19(14)26-20(25-18)24-15-5-4-13(11-16(15)29-2)31(27,28)17-12-21-9-10-30-17/h3-6,8,11,17,21H,1,7,9-10,12H2,2H3,(H3,22,23,24,25,26). The predicted molar refractivity (Wildman–Crippen MR) is 119 cm³/mol. The molecule has 3 aromatic rings. The van der Waals surface area contributed by atoms with Crippen molar-refractivity contribution in [1.82, 2.24) is 20.3 Å². The maximum atomic E-state index is 12.9. The van der Waals surface area contributed by atoms with Gasteiger partial charge in [-0.1, -0.05) is 6.08 Å². The third-order valence-electron chi connectivity index (χ3n) is 4.82. The number of aromatic nitrogens is 3. The topological polar surface area (TPSA) is 130 Å². The Hall–Kier alpha value is -3.15. The Balaban J connectivity index is 1.64. The molecular formula is C20H24N6O4S. The van der Waals surface area contributed by atoms with Crippen LogP contribution in [0.2, 0.25) is 0 Å². The minimum atomic E-state index is -3.67. The van der Waals surface area contributed by atoms with Crippen LogP contribution in [0.4, 0.5) is 17.5 Å². The molecule has 10 nitrogen and oxygen atoms in total. The zero-order chi connectivity index (χ0) is 21.8. The number of nitrogens with one attached hydrogen (secondary N) is 4. The molecule has 4 N–H and O–H groups in total. The third kappa shape index (κ3) is 4.33. The number of nitrogens with zero attached hydrogens (tertiary/aromatic N) is 2. The maximum absolute atomic E-state index is 12.9. The predicted octanol–water partition coefficient (Wildman–Crippen LogP) is 2.03. The first-order valence-electron chi connectivity index (χ1n) is 9.74. The smallest absolute Gasteiger partial charge is 0.231 e. The number of morpholine rings is 1. The SMILES string of the molecule is C=CCNc1nc(Nc2ccc(S(=O)(=O)C3CNCCO3)cc2OC)nc2[nH]ccc12. The molecule has 4 rings (SSSR count). The molecule has 2 aromatic heterocycles. The summed E-state index contributed by atoms with van der Waals surface area (Å²) in [4.78, 5) is 12.2. The Kier molecular flexibility index (Phi) is 6.07. The average molecular weight is 445 g/mol. The zero-order valence-electron chi connectivity index (χ0n) is 17.0. The molecule has 0 bridgehead atoms. The number of hydrogen-bond donors (Lipinski definition) is 4. The Morgan fingerprint density at radius 2 is 2.23 bits per heavy atom. The molecule has 11 heteroatoms. The lowest BCUT2D eigenvalue weighted by Gasteiger charge is -2.24. The second kappa shape index (κ2) is 8.92. The van der Waals surface area contributed by atoms with Gasteiger partial charge >= 0.3 is 0 Å². The molecule has 1 aliphatic rings. The van der Waals surface area contributed by atoms with Crippen LogP contribution in [0.3, 0.4) is 0 Å². The van der Waals surface area contributed by atoms with E-state index in [9.17, 15) is 8.42 Å². The summed E-state index contributed by atoms with van der Waals surface area (Å²) in [6, 6.07) is 6.50. The van der Waals surface area contributed by atoms with Crippen molar-refractivity contribution in [1.29, 1.82) is 0 Å². The van der Waals surface area contributed by atoms with E-state index in [4.69, 9.17) is 9.47 Å². The van der Waals surface area contributed by atoms with Gasteiger partial charge in [0.25, 0.3) is 0 Å². The summed E-state index contributed by atoms with van der Waals surface area (Å²) in [6.45, 7) is 5.48. The number of sulfone groups is 1. The van der Waals surface area contributed by atoms with E-state index in [1.807, 2.05) is 6.07 Å². The Bertz CT molecular complexity index is 1190. The van der Waals surface area contributed by atoms with Gasteiger partial charge in [0.1, 0.15) is 17.2 Å². The number of aromatic amines is 1. The van der Waals surface area contributed by atoms with Gasteiger partial charge in [-0.05, 0) is 18.2 Å². The normalized spacial score (nSPS) is 16.7. The molecule has 0 radical (unpaired) electrons. The largest absolute Gasteiger partial charge is 0.495 e. The van der Waals surface area contributed by atoms with E-state index in [0.717, 1.165) is 5.39 Å². The van der Waals surface area contributed by atoms with E-state index in [1.54, 1.807) is 18.3 Å². The molecule has 0 aliphatic carbocycles. The Labute approximate surface area is 180 Å². The van der Waals surface area contributed by atoms with Gasteiger partial charge in [0.05, 0.1) is 29.7 Å². The third-order valence-corrected chi connectivity index (χ3v) is 6.72. The minimum Gasteiger partial charge on any atom is -0.495 e. The van der Waals surface area contributed by atoms with Crippen molar-refractivity contribution in [3.63, 3.8) is 0 Å². The second-order valence-corrected chi connectivity index (χ2v) is 8.93. The average Bonchev–Trinajstić information content (AvgIpc) is 3.27. The molecule has 31 heavy (non-hydrogen) atoms. The van der Waals surface area contributed by atoms with Crippen molar-refractivity contribution in [2.24, 2.45) is 0 Å². The number of fused-ring (bicyclic) bond motifs is 1. The van der Waals surface area contributed by atoms with E-state index in [2.05, 4.69) is 37.5 Å². The molecule has 0 amide bonds. The van der Waals surface area contributed by atoms with E-state index in [0.29, 0.717) is 48.5 Å². The van der Waals surface area contributed by atoms with Crippen LogP contribution in [0, 0.1) is 0 Å². The lowest BCUT2D eigenvalue weighted by molar-refractivity contribution is 0.0785. The van der Waals surface area contributed by atoms with Crippen LogP contribution in [0.5, 0.6) is 5.75 Å². The van der Waals surface area contributed by atoms with Crippen LogP contribution < -0.4 is 20.7 Å². The molecule has 1 unspecified atom stereocenters. The first kappa shape index (κ1) is 21.1. The fourth-order valence-electron chi connectivity index (χ4n) is 3.27. The van der Waals surface area contributed by atoms with Crippen molar-refractivity contribution in [3.05, 3.63) is 43.1 Å². The van der Waals surface area contributed by atoms with Gasteiger partial charge in [0.2, 0.25) is 15.8 Å². The zero-order valence-corrected chi connectivity index (χ0v) is 17.8. The quantitative estimate of drug-likeness (QED) is 0.386. The molecular weight excluding hydrogens is 420 g/mol. The van der Waals surface area contributed by atoms with Gasteiger partial charge in [0.15, 0.2) is 5.44 Å². The summed E-state index contributed by atoms with van der Waals surface area (Å²) in [5.41, 5.74) is 0.260. The van der Waals surface area contributed by atoms with Crippen molar-refractivity contribution >= 4 is 38.3 Å². The highest BCUT2D eigenvalue weighted by atomic mass is 32.2. The van der Waals surface area contributed by atoms with Crippen molar-refractivity contribution in [2.75, 3.05) is 44.0 Å². The first-order chi connectivity index (χ1) is 15.0. The van der Waals surface area contributed by atoms with Crippen LogP contribution in [0.25, 0.3) is 11.0 Å². The molecule has 1 atom stereocenters. The van der Waals surface area contributed by atoms with Crippen LogP contribution in [-0.2, 0) is 14.6 Å². The molecule has 164 valence electrons. The first-order valence-corrected chi connectivity index (χ1v) is 11.3. The molecule has 1 aromatic carbocycles. The number of hydrogen-bond acceptors (Lipinski definition) is 9. The van der Waals surface area contributed by atoms with Crippen LogP contribution in [0.15, 0.2) is 48.0 Å². The fraction of sp³-hybridized carbons (Fsp3) is 0.300. The van der Waals surface area contributed by atoms with Gasteiger partial charge in [-0.3, -0.25) is 0 Å². The van der Waals surface area contributed by atoms with Crippen LogP contribution in [-0.4, -0.2) is 62.2 Å². The van der Waals surface area contributed by atoms with E-state index in [-0.39, 0.29) is 11.4 Å². The number of rotatable bonds is 8. The lowest BCUT2D eigenvalue weighted by atomic mass is 10.3. The lowest BCUT2D eigenvalue weighted by Crippen LogP contribution is -2.43. The number of methoxy groups -OCH3 is 1. The van der Waals surface area contributed by atoms with Gasteiger partial charge < -0.3 is 30.4 Å². The maximum Gasteiger partial charge on any atom is 0.231 e. The van der Waals surface area contributed by atoms with Crippen LogP contribution >= 0.6 is 0 Å². The second-order valence-electron chi connectivity index (χ2n) is 6.84. The Morgan fingerprint density at radius 1 is 1.35 bits per heavy atom. The molecule has 1 aliphatic heterocycles. The highest BCUT2D eigenvalue weighted by Gasteiger charge is 2.30. The van der Waals surface area contributed by atoms with Gasteiger partial charge in [-0.15, -0.1) is 6.58 Å². The molecule has 3 heterocycles. The molecule has 1 saturated heterocycles. The number of benzene rings is 1. The van der Waals surface area contributed by atoms with Crippen molar-refractivity contribution in [2.45, 2.75) is 10.3 Å². The minimum absolute atomic E-state index is 0.123. The summed E-state index contributed by atoms with van der Waals surface area (Å²) in [5.74, 6) is 1.32.